The fourth-order valence-corrected chi connectivity index (χ4v) is 3.07. The number of rotatable bonds is 2. The summed E-state index contributed by atoms with van der Waals surface area (Å²) in [5.41, 5.74) is 0.202. The Balaban J connectivity index is 2.08. The fourth-order valence-electron chi connectivity index (χ4n) is 1.98. The molecule has 1 aliphatic heterocycles. The number of ether oxygens (including phenoxy) is 1. The van der Waals surface area contributed by atoms with Crippen LogP contribution in [0.2, 0.25) is 0 Å². The Bertz CT molecular complexity index is 705. The van der Waals surface area contributed by atoms with Crippen molar-refractivity contribution in [3.63, 3.8) is 0 Å². The molecule has 0 saturated carbocycles. The van der Waals surface area contributed by atoms with Crippen LogP contribution in [0.25, 0.3) is 10.9 Å². The minimum Gasteiger partial charge on any atom is -0.465 e. The lowest BCUT2D eigenvalue weighted by molar-refractivity contribution is -0.145. The van der Waals surface area contributed by atoms with Crippen LogP contribution in [0.15, 0.2) is 29.3 Å². The van der Waals surface area contributed by atoms with Gasteiger partial charge in [-0.3, -0.25) is 4.79 Å². The van der Waals surface area contributed by atoms with Gasteiger partial charge in [0.15, 0.2) is 0 Å². The summed E-state index contributed by atoms with van der Waals surface area (Å²) < 4.78 is 43.4. The number of alkyl halides is 3. The van der Waals surface area contributed by atoms with Crippen molar-refractivity contribution in [1.29, 1.82) is 0 Å². The van der Waals surface area contributed by atoms with Crippen LogP contribution in [-0.2, 0) is 15.7 Å². The molecular weight excluding hydrogens is 305 g/mol. The number of aromatic nitrogens is 2. The molecule has 1 fully saturated rings. The van der Waals surface area contributed by atoms with Gasteiger partial charge < -0.3 is 4.74 Å². The second-order valence-corrected chi connectivity index (χ2v) is 5.62. The number of cyclic esters (lactones) is 1. The summed E-state index contributed by atoms with van der Waals surface area (Å²) in [7, 11) is 0. The first-order valence-corrected chi connectivity index (χ1v) is 7.00. The number of thioether (sulfide) groups is 1. The Labute approximate surface area is 121 Å². The van der Waals surface area contributed by atoms with E-state index in [1.54, 1.807) is 18.2 Å². The van der Waals surface area contributed by atoms with Gasteiger partial charge in [0.25, 0.3) is 0 Å². The summed E-state index contributed by atoms with van der Waals surface area (Å²) in [6.45, 7) is 0.283. The number of carbonyl (C=O) groups is 1. The van der Waals surface area contributed by atoms with Gasteiger partial charge in [-0.1, -0.05) is 30.0 Å². The highest BCUT2D eigenvalue weighted by atomic mass is 32.2. The molecule has 4 nitrogen and oxygen atoms in total. The van der Waals surface area contributed by atoms with Crippen LogP contribution >= 0.6 is 11.8 Å². The van der Waals surface area contributed by atoms with E-state index in [1.165, 1.54) is 6.07 Å². The number of hydrogen-bond acceptors (Lipinski definition) is 5. The molecule has 8 heteroatoms. The highest BCUT2D eigenvalue weighted by Crippen LogP contribution is 2.35. The number of nitrogens with zero attached hydrogens (tertiary/aromatic N) is 2. The number of fused-ring (bicyclic) bond motifs is 1. The first-order valence-electron chi connectivity index (χ1n) is 6.12. The molecule has 1 aromatic heterocycles. The zero-order chi connectivity index (χ0) is 15.0. The van der Waals surface area contributed by atoms with Crippen molar-refractivity contribution in [3.8, 4) is 0 Å². The molecule has 0 spiro atoms. The van der Waals surface area contributed by atoms with Gasteiger partial charge >= 0.3 is 12.1 Å². The fraction of sp³-hybridized carbons (Fsp3) is 0.308. The van der Waals surface area contributed by atoms with E-state index >= 15 is 0 Å². The predicted octanol–water partition coefficient (Wildman–Crippen LogP) is 3.06. The van der Waals surface area contributed by atoms with Crippen LogP contribution in [0.5, 0.6) is 0 Å². The van der Waals surface area contributed by atoms with Gasteiger partial charge in [-0.2, -0.15) is 13.2 Å². The lowest BCUT2D eigenvalue weighted by atomic mass is 10.2. The van der Waals surface area contributed by atoms with Gasteiger partial charge in [0, 0.05) is 11.8 Å². The molecule has 0 amide bonds. The predicted molar refractivity (Wildman–Crippen MR) is 69.8 cm³/mol. The van der Waals surface area contributed by atoms with Crippen molar-refractivity contribution in [2.45, 2.75) is 22.9 Å². The maximum Gasteiger partial charge on any atom is 0.451 e. The SMILES string of the molecule is O=C1OCC[C@H]1Sc1nc(C(F)(F)F)nc2ccccc12. The summed E-state index contributed by atoms with van der Waals surface area (Å²) >= 11 is 0.993. The summed E-state index contributed by atoms with van der Waals surface area (Å²) in [6, 6.07) is 6.42. The number of esters is 1. The summed E-state index contributed by atoms with van der Waals surface area (Å²) in [4.78, 5) is 18.6. The molecule has 21 heavy (non-hydrogen) atoms. The Morgan fingerprint density at radius 1 is 1.24 bits per heavy atom. The lowest BCUT2D eigenvalue weighted by Crippen LogP contribution is -2.14. The number of halogens is 3. The van der Waals surface area contributed by atoms with Crippen LogP contribution in [0, 0.1) is 0 Å². The van der Waals surface area contributed by atoms with E-state index in [1.807, 2.05) is 0 Å². The third-order valence-corrected chi connectivity index (χ3v) is 4.21. The maximum absolute atomic E-state index is 12.9. The number of benzene rings is 1. The summed E-state index contributed by atoms with van der Waals surface area (Å²) in [5, 5.41) is 0.122. The highest BCUT2D eigenvalue weighted by Gasteiger charge is 2.36. The Morgan fingerprint density at radius 2 is 2.00 bits per heavy atom. The molecule has 1 aromatic carbocycles. The molecule has 0 N–H and O–H groups in total. The minimum atomic E-state index is -4.63. The van der Waals surface area contributed by atoms with Gasteiger partial charge in [0.1, 0.15) is 10.3 Å². The third kappa shape index (κ3) is 2.80. The van der Waals surface area contributed by atoms with Crippen LogP contribution < -0.4 is 0 Å². The molecular formula is C13H9F3N2O2S. The first kappa shape index (κ1) is 14.1. The number of para-hydroxylation sites is 1. The van der Waals surface area contributed by atoms with Gasteiger partial charge in [0.05, 0.1) is 12.1 Å². The van der Waals surface area contributed by atoms with Crippen LogP contribution in [0.3, 0.4) is 0 Å². The van der Waals surface area contributed by atoms with Gasteiger partial charge in [0.2, 0.25) is 5.82 Å². The minimum absolute atomic E-state index is 0.150. The Morgan fingerprint density at radius 3 is 2.67 bits per heavy atom. The molecule has 0 unspecified atom stereocenters. The van der Waals surface area contributed by atoms with E-state index in [-0.39, 0.29) is 17.1 Å². The smallest absolute Gasteiger partial charge is 0.451 e. The van der Waals surface area contributed by atoms with Crippen molar-refractivity contribution < 1.29 is 22.7 Å². The van der Waals surface area contributed by atoms with Gasteiger partial charge in [-0.05, 0) is 6.07 Å². The molecule has 1 aliphatic rings. The number of carbonyl (C=O) groups excluding carboxylic acids is 1. The van der Waals surface area contributed by atoms with Crippen molar-refractivity contribution in [1.82, 2.24) is 9.97 Å². The molecule has 0 radical (unpaired) electrons. The molecule has 2 aromatic rings. The van der Waals surface area contributed by atoms with Crippen LogP contribution in [0.4, 0.5) is 13.2 Å². The van der Waals surface area contributed by atoms with Crippen LogP contribution in [0.1, 0.15) is 12.2 Å². The van der Waals surface area contributed by atoms with Crippen LogP contribution in [-0.4, -0.2) is 27.8 Å². The van der Waals surface area contributed by atoms with Crippen molar-refractivity contribution in [2.24, 2.45) is 0 Å². The first-order chi connectivity index (χ1) is 9.95. The second kappa shape index (κ2) is 5.18. The van der Waals surface area contributed by atoms with Crippen molar-refractivity contribution in [3.05, 3.63) is 30.1 Å². The molecule has 0 bridgehead atoms. The quantitative estimate of drug-likeness (QED) is 0.630. The molecule has 2 heterocycles. The molecule has 110 valence electrons. The van der Waals surface area contributed by atoms with E-state index < -0.39 is 23.2 Å². The zero-order valence-electron chi connectivity index (χ0n) is 10.6. The normalized spacial score (nSPS) is 19.0. The summed E-state index contributed by atoms with van der Waals surface area (Å²) in [5.74, 6) is -1.62. The van der Waals surface area contributed by atoms with Crippen molar-refractivity contribution >= 4 is 28.6 Å². The van der Waals surface area contributed by atoms with Gasteiger partial charge in [-0.25, -0.2) is 9.97 Å². The van der Waals surface area contributed by atoms with E-state index in [0.29, 0.717) is 11.8 Å². The summed E-state index contributed by atoms with van der Waals surface area (Å²) in [6.07, 6.45) is -4.17. The zero-order valence-corrected chi connectivity index (χ0v) is 11.4. The Kier molecular flexibility index (Phi) is 3.48. The van der Waals surface area contributed by atoms with E-state index in [9.17, 15) is 18.0 Å². The Hall–Kier alpha value is -1.83. The standard InChI is InChI=1S/C13H9F3N2O2S/c14-13(15,16)12-17-8-4-2-1-3-7(8)10(18-12)21-9-5-6-20-11(9)19/h1-4,9H,5-6H2/t9-/m1/s1. The lowest BCUT2D eigenvalue weighted by Gasteiger charge is -2.11. The van der Waals surface area contributed by atoms with Crippen molar-refractivity contribution in [2.75, 3.05) is 6.61 Å². The number of hydrogen-bond donors (Lipinski definition) is 0. The largest absolute Gasteiger partial charge is 0.465 e. The second-order valence-electron chi connectivity index (χ2n) is 4.43. The third-order valence-electron chi connectivity index (χ3n) is 2.96. The maximum atomic E-state index is 12.9. The average Bonchev–Trinajstić information content (AvgIpc) is 2.83. The molecule has 1 saturated heterocycles. The van der Waals surface area contributed by atoms with Gasteiger partial charge in [-0.15, -0.1) is 0 Å². The van der Waals surface area contributed by atoms with E-state index in [0.717, 1.165) is 11.8 Å². The molecule has 3 rings (SSSR count). The monoisotopic (exact) mass is 314 g/mol. The van der Waals surface area contributed by atoms with E-state index in [4.69, 9.17) is 4.74 Å². The molecule has 0 aliphatic carbocycles. The average molecular weight is 314 g/mol. The highest BCUT2D eigenvalue weighted by molar-refractivity contribution is 8.00. The van der Waals surface area contributed by atoms with E-state index in [2.05, 4.69) is 9.97 Å². The molecule has 1 atom stereocenters. The topological polar surface area (TPSA) is 52.1 Å².